The number of ketones is 1. The summed E-state index contributed by atoms with van der Waals surface area (Å²) in [6.45, 7) is 1.66. The maximum absolute atomic E-state index is 13.5. The number of carbonyl (C=O) groups is 1. The number of rotatable bonds is 10. The molecule has 4 aromatic rings. The van der Waals surface area contributed by atoms with Crippen molar-refractivity contribution in [2.75, 3.05) is 6.61 Å². The fourth-order valence-electron chi connectivity index (χ4n) is 3.41. The molecule has 0 bridgehead atoms. The number of carbonyl (C=O) groups excluding carboxylic acids is 1. The molecule has 178 valence electrons. The summed E-state index contributed by atoms with van der Waals surface area (Å²) in [6, 6.07) is 19.4. The topological polar surface area (TPSA) is 102 Å². The van der Waals surface area contributed by atoms with Gasteiger partial charge in [0.05, 0.1) is 0 Å². The molecule has 8 nitrogen and oxygen atoms in total. The fraction of sp³-hybridized carbons (Fsp3) is 0.154. The highest BCUT2D eigenvalue weighted by atomic mass is 32.2. The third-order valence-corrected chi connectivity index (χ3v) is 6.88. The molecule has 0 saturated carbocycles. The van der Waals surface area contributed by atoms with Gasteiger partial charge in [-0.05, 0) is 48.4 Å². The average Bonchev–Trinajstić information content (AvgIpc) is 2.89. The van der Waals surface area contributed by atoms with E-state index in [0.29, 0.717) is 11.6 Å². The molecule has 35 heavy (non-hydrogen) atoms. The summed E-state index contributed by atoms with van der Waals surface area (Å²) < 4.78 is 33.9. The van der Waals surface area contributed by atoms with Crippen molar-refractivity contribution >= 4 is 15.8 Å². The minimum atomic E-state index is -3.85. The molecular formula is C26H24N4O4S. The molecule has 4 rings (SSSR count). The summed E-state index contributed by atoms with van der Waals surface area (Å²) in [6.07, 6.45) is 6.22. The maximum Gasteiger partial charge on any atom is 0.245 e. The Balaban J connectivity index is 1.61. The second-order valence-electron chi connectivity index (χ2n) is 7.87. The second-order valence-corrected chi connectivity index (χ2v) is 9.81. The van der Waals surface area contributed by atoms with Crippen molar-refractivity contribution in [2.24, 2.45) is 0 Å². The highest BCUT2D eigenvalue weighted by molar-refractivity contribution is 7.89. The van der Waals surface area contributed by atoms with Crippen LogP contribution in [-0.4, -0.2) is 40.1 Å². The monoisotopic (exact) mass is 488 g/mol. The molecule has 0 amide bonds. The number of sulfonamides is 1. The molecule has 0 fully saturated rings. The van der Waals surface area contributed by atoms with E-state index in [9.17, 15) is 13.2 Å². The van der Waals surface area contributed by atoms with Crippen molar-refractivity contribution in [1.82, 2.24) is 19.3 Å². The molecular weight excluding hydrogens is 464 g/mol. The largest absolute Gasteiger partial charge is 0.486 e. The molecule has 2 aromatic heterocycles. The zero-order valence-electron chi connectivity index (χ0n) is 19.1. The molecule has 0 radical (unpaired) electrons. The Morgan fingerprint density at radius 3 is 2.31 bits per heavy atom. The van der Waals surface area contributed by atoms with Crippen molar-refractivity contribution in [2.45, 2.75) is 24.9 Å². The van der Waals surface area contributed by atoms with Gasteiger partial charge >= 0.3 is 0 Å². The number of Topliss-reactive ketones (excluding diaryl/α,β-unsaturated/α-hetero) is 1. The lowest BCUT2D eigenvalue weighted by Gasteiger charge is -2.23. The van der Waals surface area contributed by atoms with Crippen LogP contribution < -0.4 is 4.74 Å². The van der Waals surface area contributed by atoms with E-state index in [-0.39, 0.29) is 30.4 Å². The number of nitrogens with zero attached hydrogens (tertiary/aromatic N) is 4. The van der Waals surface area contributed by atoms with Gasteiger partial charge in [-0.1, -0.05) is 36.4 Å². The van der Waals surface area contributed by atoms with E-state index >= 15 is 0 Å². The SMILES string of the molecule is CC(=O)COc1cccc(CN(Cc2ccc(-c3ncccn3)cc2)S(=O)(=O)c2cccnc2)c1. The zero-order valence-corrected chi connectivity index (χ0v) is 19.9. The fourth-order valence-corrected chi connectivity index (χ4v) is 4.79. The van der Waals surface area contributed by atoms with Crippen molar-refractivity contribution in [3.63, 3.8) is 0 Å². The first kappa shape index (κ1) is 24.2. The number of hydrogen-bond donors (Lipinski definition) is 0. The summed E-state index contributed by atoms with van der Waals surface area (Å²) in [5, 5.41) is 0. The zero-order chi connectivity index (χ0) is 24.7. The van der Waals surface area contributed by atoms with Gasteiger partial charge in [0, 0.05) is 43.4 Å². The van der Waals surface area contributed by atoms with Gasteiger partial charge in [-0.25, -0.2) is 18.4 Å². The summed E-state index contributed by atoms with van der Waals surface area (Å²) >= 11 is 0. The number of pyridine rings is 1. The van der Waals surface area contributed by atoms with Gasteiger partial charge in [0.2, 0.25) is 10.0 Å². The predicted molar refractivity (Wildman–Crippen MR) is 131 cm³/mol. The quantitative estimate of drug-likeness (QED) is 0.334. The Kier molecular flexibility index (Phi) is 7.59. The third-order valence-electron chi connectivity index (χ3n) is 5.11. The Labute approximate surface area is 204 Å². The first-order valence-corrected chi connectivity index (χ1v) is 12.3. The van der Waals surface area contributed by atoms with E-state index in [2.05, 4.69) is 15.0 Å². The van der Waals surface area contributed by atoms with Crippen LogP contribution in [0.5, 0.6) is 5.75 Å². The van der Waals surface area contributed by atoms with Gasteiger partial charge in [-0.3, -0.25) is 9.78 Å². The van der Waals surface area contributed by atoms with Gasteiger partial charge in [-0.2, -0.15) is 4.31 Å². The Bertz CT molecular complexity index is 1380. The normalized spacial score (nSPS) is 11.4. The molecule has 9 heteroatoms. The Hall–Kier alpha value is -3.95. The van der Waals surface area contributed by atoms with Crippen molar-refractivity contribution in [1.29, 1.82) is 0 Å². The molecule has 0 atom stereocenters. The van der Waals surface area contributed by atoms with E-state index in [1.54, 1.807) is 42.7 Å². The Morgan fingerprint density at radius 2 is 1.63 bits per heavy atom. The van der Waals surface area contributed by atoms with Crippen LogP contribution in [0.1, 0.15) is 18.1 Å². The van der Waals surface area contributed by atoms with Crippen LogP contribution in [0.4, 0.5) is 0 Å². The van der Waals surface area contributed by atoms with Crippen molar-refractivity contribution in [3.8, 4) is 17.1 Å². The first-order valence-electron chi connectivity index (χ1n) is 10.9. The van der Waals surface area contributed by atoms with Crippen LogP contribution in [0.2, 0.25) is 0 Å². The lowest BCUT2D eigenvalue weighted by Crippen LogP contribution is -2.30. The van der Waals surface area contributed by atoms with Crippen LogP contribution >= 0.6 is 0 Å². The molecule has 0 aliphatic heterocycles. The summed E-state index contributed by atoms with van der Waals surface area (Å²) in [5.74, 6) is 1.01. The summed E-state index contributed by atoms with van der Waals surface area (Å²) in [7, 11) is -3.85. The molecule has 2 heterocycles. The molecule has 0 spiro atoms. The van der Waals surface area contributed by atoms with Crippen molar-refractivity contribution < 1.29 is 17.9 Å². The molecule has 2 aromatic carbocycles. The third kappa shape index (κ3) is 6.34. The number of aromatic nitrogens is 3. The minimum absolute atomic E-state index is 0.0430. The lowest BCUT2D eigenvalue weighted by molar-refractivity contribution is -0.118. The maximum atomic E-state index is 13.5. The van der Waals surface area contributed by atoms with E-state index in [4.69, 9.17) is 4.74 Å². The average molecular weight is 489 g/mol. The predicted octanol–water partition coefficient (Wildman–Crippen LogP) is 3.90. The van der Waals surface area contributed by atoms with E-state index in [1.807, 2.05) is 30.3 Å². The van der Waals surface area contributed by atoms with Crippen LogP contribution in [-0.2, 0) is 27.9 Å². The smallest absolute Gasteiger partial charge is 0.245 e. The molecule has 0 aliphatic carbocycles. The van der Waals surface area contributed by atoms with Crippen LogP contribution in [0.15, 0.2) is 96.4 Å². The van der Waals surface area contributed by atoms with Crippen LogP contribution in [0.25, 0.3) is 11.4 Å². The number of hydrogen-bond acceptors (Lipinski definition) is 7. The molecule has 0 saturated heterocycles. The summed E-state index contributed by atoms with van der Waals surface area (Å²) in [4.78, 5) is 23.8. The van der Waals surface area contributed by atoms with Crippen LogP contribution in [0, 0.1) is 0 Å². The highest BCUT2D eigenvalue weighted by Gasteiger charge is 2.25. The Morgan fingerprint density at radius 1 is 0.886 bits per heavy atom. The second kappa shape index (κ2) is 11.0. The molecule has 0 unspecified atom stereocenters. The van der Waals surface area contributed by atoms with Crippen LogP contribution in [0.3, 0.4) is 0 Å². The number of ether oxygens (including phenoxy) is 1. The lowest BCUT2D eigenvalue weighted by atomic mass is 10.1. The molecule has 0 aliphatic rings. The minimum Gasteiger partial charge on any atom is -0.486 e. The van der Waals surface area contributed by atoms with Crippen molar-refractivity contribution in [3.05, 3.63) is 103 Å². The van der Waals surface area contributed by atoms with Gasteiger partial charge < -0.3 is 4.74 Å². The van der Waals surface area contributed by atoms with E-state index in [1.165, 1.54) is 29.7 Å². The first-order chi connectivity index (χ1) is 16.9. The van der Waals surface area contributed by atoms with Gasteiger partial charge in [0.15, 0.2) is 11.6 Å². The standard InChI is InChI=1S/C26H24N4O4S/c1-20(31)19-34-24-6-2-5-22(15-24)18-30(35(32,33)25-7-3-12-27-16-25)17-21-8-10-23(11-9-21)26-28-13-4-14-29-26/h2-16H,17-19H2,1H3. The summed E-state index contributed by atoms with van der Waals surface area (Å²) in [5.41, 5.74) is 2.38. The van der Waals surface area contributed by atoms with E-state index in [0.717, 1.165) is 16.7 Å². The van der Waals surface area contributed by atoms with Gasteiger partial charge in [0.25, 0.3) is 0 Å². The van der Waals surface area contributed by atoms with E-state index < -0.39 is 10.0 Å². The number of benzene rings is 2. The highest BCUT2D eigenvalue weighted by Crippen LogP contribution is 2.23. The molecule has 0 N–H and O–H groups in total. The van der Waals surface area contributed by atoms with Gasteiger partial charge in [-0.15, -0.1) is 0 Å². The van der Waals surface area contributed by atoms with Gasteiger partial charge in [0.1, 0.15) is 17.3 Å².